The Morgan fingerprint density at radius 1 is 1.19 bits per heavy atom. The predicted octanol–water partition coefficient (Wildman–Crippen LogP) is 5.68. The fourth-order valence-corrected chi connectivity index (χ4v) is 4.32. The summed E-state index contributed by atoms with van der Waals surface area (Å²) in [7, 11) is 0. The van der Waals surface area contributed by atoms with Crippen LogP contribution >= 0.6 is 0 Å². The van der Waals surface area contributed by atoms with E-state index in [2.05, 4.69) is 9.97 Å². The first-order valence-corrected chi connectivity index (χ1v) is 10.9. The van der Waals surface area contributed by atoms with Crippen LogP contribution in [-0.2, 0) is 4.74 Å². The van der Waals surface area contributed by atoms with Gasteiger partial charge in [0.1, 0.15) is 5.82 Å². The quantitative estimate of drug-likeness (QED) is 0.370. The molecule has 1 unspecified atom stereocenters. The number of carbonyl (C=O) groups is 1. The van der Waals surface area contributed by atoms with Gasteiger partial charge < -0.3 is 4.74 Å². The molecule has 2 aromatic heterocycles. The summed E-state index contributed by atoms with van der Waals surface area (Å²) in [5, 5.41) is 1.04. The maximum absolute atomic E-state index is 14.1. The van der Waals surface area contributed by atoms with Gasteiger partial charge in [0, 0.05) is 53.7 Å². The predicted molar refractivity (Wildman–Crippen MR) is 122 cm³/mol. The normalized spacial score (nSPS) is 16.0. The average molecular weight is 429 g/mol. The first-order chi connectivity index (χ1) is 15.6. The van der Waals surface area contributed by atoms with Crippen LogP contribution in [0.2, 0.25) is 0 Å². The van der Waals surface area contributed by atoms with Gasteiger partial charge in [0.05, 0.1) is 11.6 Å². The Bertz CT molecular complexity index is 1270. The van der Waals surface area contributed by atoms with E-state index < -0.39 is 0 Å². The number of hydrogen-bond donors (Lipinski definition) is 0. The van der Waals surface area contributed by atoms with E-state index in [1.807, 2.05) is 35.9 Å². The van der Waals surface area contributed by atoms with Crippen molar-refractivity contribution in [3.63, 3.8) is 0 Å². The zero-order valence-corrected chi connectivity index (χ0v) is 17.9. The molecule has 0 saturated carbocycles. The van der Waals surface area contributed by atoms with E-state index in [-0.39, 0.29) is 17.7 Å². The average Bonchev–Trinajstić information content (AvgIpc) is 3.46. The Kier molecular flexibility index (Phi) is 5.53. The standard InChI is InChI=1S/C26H24FN3O2/c1-17-16-30(26-28-14-19(15-29-26)22-6-2-3-7-23(22)27)24-13-18(8-10-21(17)24)25(31)11-9-20-5-4-12-32-20/h2-3,6-8,10,13-16,20H,4-5,9,11-12H2,1H3. The van der Waals surface area contributed by atoms with Gasteiger partial charge in [-0.25, -0.2) is 14.4 Å². The first-order valence-electron chi connectivity index (χ1n) is 10.9. The monoisotopic (exact) mass is 429 g/mol. The minimum Gasteiger partial charge on any atom is -0.378 e. The number of hydrogen-bond acceptors (Lipinski definition) is 4. The van der Waals surface area contributed by atoms with Gasteiger partial charge in [-0.1, -0.05) is 30.3 Å². The first kappa shape index (κ1) is 20.5. The van der Waals surface area contributed by atoms with Crippen molar-refractivity contribution in [3.8, 4) is 17.1 Å². The van der Waals surface area contributed by atoms with Crippen molar-refractivity contribution in [2.45, 2.75) is 38.7 Å². The molecule has 0 radical (unpaired) electrons. The zero-order chi connectivity index (χ0) is 22.1. The SMILES string of the molecule is Cc1cn(-c2ncc(-c3ccccc3F)cn2)c2cc(C(=O)CCC3CCCO3)ccc12. The number of benzene rings is 2. The smallest absolute Gasteiger partial charge is 0.234 e. The third-order valence-corrected chi connectivity index (χ3v) is 6.08. The molecule has 32 heavy (non-hydrogen) atoms. The fourth-order valence-electron chi connectivity index (χ4n) is 4.32. The van der Waals surface area contributed by atoms with Gasteiger partial charge in [0.15, 0.2) is 5.78 Å². The van der Waals surface area contributed by atoms with E-state index in [0.717, 1.165) is 42.3 Å². The van der Waals surface area contributed by atoms with Crippen molar-refractivity contribution in [2.75, 3.05) is 6.61 Å². The summed E-state index contributed by atoms with van der Waals surface area (Å²) in [6.07, 6.45) is 8.76. The molecule has 0 spiro atoms. The van der Waals surface area contributed by atoms with Crippen LogP contribution in [0.25, 0.3) is 28.0 Å². The van der Waals surface area contributed by atoms with Crippen molar-refractivity contribution in [1.82, 2.24) is 14.5 Å². The lowest BCUT2D eigenvalue weighted by molar-refractivity contribution is 0.0859. The molecule has 2 aromatic carbocycles. The second-order valence-corrected chi connectivity index (χ2v) is 8.26. The molecule has 6 heteroatoms. The Labute approximate surface area is 185 Å². The number of fused-ring (bicyclic) bond motifs is 1. The maximum atomic E-state index is 14.1. The van der Waals surface area contributed by atoms with Crippen LogP contribution in [0.1, 0.15) is 41.6 Å². The van der Waals surface area contributed by atoms with Crippen LogP contribution in [0, 0.1) is 12.7 Å². The lowest BCUT2D eigenvalue weighted by atomic mass is 10.0. The fraction of sp³-hybridized carbons (Fsp3) is 0.269. The molecule has 0 N–H and O–H groups in total. The second kappa shape index (κ2) is 8.63. The number of nitrogens with zero attached hydrogens (tertiary/aromatic N) is 3. The summed E-state index contributed by atoms with van der Waals surface area (Å²) >= 11 is 0. The number of ketones is 1. The summed E-state index contributed by atoms with van der Waals surface area (Å²) in [6.45, 7) is 2.82. The summed E-state index contributed by atoms with van der Waals surface area (Å²) in [4.78, 5) is 21.8. The minimum atomic E-state index is -0.308. The van der Waals surface area contributed by atoms with Crippen molar-refractivity contribution in [2.24, 2.45) is 0 Å². The molecule has 1 fully saturated rings. The van der Waals surface area contributed by atoms with Crippen LogP contribution in [0.3, 0.4) is 0 Å². The van der Waals surface area contributed by atoms with Gasteiger partial charge in [0.2, 0.25) is 5.95 Å². The molecule has 5 nitrogen and oxygen atoms in total. The Hall–Kier alpha value is -3.38. The molecule has 1 saturated heterocycles. The van der Waals surface area contributed by atoms with Crippen LogP contribution in [0.15, 0.2) is 61.1 Å². The van der Waals surface area contributed by atoms with Crippen LogP contribution in [0.5, 0.6) is 0 Å². The maximum Gasteiger partial charge on any atom is 0.234 e. The van der Waals surface area contributed by atoms with Gasteiger partial charge in [-0.3, -0.25) is 9.36 Å². The van der Waals surface area contributed by atoms with E-state index in [0.29, 0.717) is 29.1 Å². The molecular weight excluding hydrogens is 405 g/mol. The van der Waals surface area contributed by atoms with E-state index in [1.54, 1.807) is 30.6 Å². The van der Waals surface area contributed by atoms with Crippen molar-refractivity contribution >= 4 is 16.7 Å². The summed E-state index contributed by atoms with van der Waals surface area (Å²) in [5.74, 6) is 0.285. The third kappa shape index (κ3) is 3.94. The van der Waals surface area contributed by atoms with Crippen LogP contribution < -0.4 is 0 Å². The van der Waals surface area contributed by atoms with Crippen molar-refractivity contribution in [1.29, 1.82) is 0 Å². The molecule has 0 amide bonds. The van der Waals surface area contributed by atoms with E-state index in [9.17, 15) is 9.18 Å². The second-order valence-electron chi connectivity index (χ2n) is 8.26. The number of carbonyl (C=O) groups excluding carboxylic acids is 1. The third-order valence-electron chi connectivity index (χ3n) is 6.08. The number of rotatable bonds is 6. The van der Waals surface area contributed by atoms with Gasteiger partial charge in [-0.05, 0) is 43.9 Å². The van der Waals surface area contributed by atoms with Gasteiger partial charge in [0.25, 0.3) is 0 Å². The number of halogens is 1. The van der Waals surface area contributed by atoms with E-state index in [1.165, 1.54) is 6.07 Å². The van der Waals surface area contributed by atoms with Gasteiger partial charge in [-0.15, -0.1) is 0 Å². The highest BCUT2D eigenvalue weighted by molar-refractivity contribution is 6.00. The van der Waals surface area contributed by atoms with E-state index in [4.69, 9.17) is 4.74 Å². The molecule has 0 aliphatic carbocycles. The molecule has 4 aromatic rings. The Morgan fingerprint density at radius 2 is 2.00 bits per heavy atom. The number of Topliss-reactive ketones (excluding diaryl/α,β-unsaturated/α-hetero) is 1. The molecule has 1 aliphatic rings. The minimum absolute atomic E-state index is 0.114. The Balaban J connectivity index is 1.44. The molecule has 1 atom stereocenters. The molecule has 5 rings (SSSR count). The zero-order valence-electron chi connectivity index (χ0n) is 17.9. The van der Waals surface area contributed by atoms with Gasteiger partial charge >= 0.3 is 0 Å². The molecule has 1 aliphatic heterocycles. The van der Waals surface area contributed by atoms with Crippen LogP contribution in [-0.4, -0.2) is 33.0 Å². The lowest BCUT2D eigenvalue weighted by Gasteiger charge is -2.09. The topological polar surface area (TPSA) is 57.0 Å². The molecule has 162 valence electrons. The summed E-state index contributed by atoms with van der Waals surface area (Å²) in [5.41, 5.74) is 3.71. The van der Waals surface area contributed by atoms with Crippen molar-refractivity contribution in [3.05, 3.63) is 78.0 Å². The largest absolute Gasteiger partial charge is 0.378 e. The van der Waals surface area contributed by atoms with Crippen molar-refractivity contribution < 1.29 is 13.9 Å². The van der Waals surface area contributed by atoms with E-state index >= 15 is 0 Å². The summed E-state index contributed by atoms with van der Waals surface area (Å²) in [6, 6.07) is 12.3. The highest BCUT2D eigenvalue weighted by atomic mass is 19.1. The molecule has 3 heterocycles. The number of ether oxygens (including phenoxy) is 1. The molecule has 0 bridgehead atoms. The summed E-state index contributed by atoms with van der Waals surface area (Å²) < 4.78 is 21.6. The molecular formula is C26H24FN3O2. The highest BCUT2D eigenvalue weighted by Gasteiger charge is 2.18. The number of aromatic nitrogens is 3. The number of aryl methyl sites for hydroxylation is 1. The Morgan fingerprint density at radius 3 is 2.75 bits per heavy atom. The lowest BCUT2D eigenvalue weighted by Crippen LogP contribution is -2.09. The highest BCUT2D eigenvalue weighted by Crippen LogP contribution is 2.27. The van der Waals surface area contributed by atoms with Gasteiger partial charge in [-0.2, -0.15) is 0 Å². The van der Waals surface area contributed by atoms with Crippen LogP contribution in [0.4, 0.5) is 4.39 Å².